The first-order valence-electron chi connectivity index (χ1n) is 8.05. The summed E-state index contributed by atoms with van der Waals surface area (Å²) >= 11 is 0. The van der Waals surface area contributed by atoms with E-state index in [1.165, 1.54) is 5.56 Å². The number of amides is 1. The molecular weight excluding hydrogens is 286 g/mol. The first kappa shape index (κ1) is 17.1. The number of hydrogen-bond donors (Lipinski definition) is 1. The van der Waals surface area contributed by atoms with Crippen molar-refractivity contribution < 1.29 is 9.53 Å². The van der Waals surface area contributed by atoms with Crippen LogP contribution in [0.3, 0.4) is 0 Å². The Labute approximate surface area is 138 Å². The monoisotopic (exact) mass is 311 g/mol. The highest BCUT2D eigenvalue weighted by atomic mass is 16.5. The van der Waals surface area contributed by atoms with Crippen LogP contribution < -0.4 is 10.1 Å². The molecule has 0 saturated carbocycles. The van der Waals surface area contributed by atoms with E-state index in [2.05, 4.69) is 43.4 Å². The lowest BCUT2D eigenvalue weighted by molar-refractivity contribution is -0.123. The van der Waals surface area contributed by atoms with Crippen molar-refractivity contribution in [2.45, 2.75) is 40.2 Å². The van der Waals surface area contributed by atoms with Gasteiger partial charge in [0.05, 0.1) is 6.04 Å². The van der Waals surface area contributed by atoms with E-state index >= 15 is 0 Å². The van der Waals surface area contributed by atoms with E-state index in [9.17, 15) is 4.79 Å². The molecule has 122 valence electrons. The molecule has 0 unspecified atom stereocenters. The van der Waals surface area contributed by atoms with Crippen molar-refractivity contribution in [1.29, 1.82) is 0 Å². The van der Waals surface area contributed by atoms with E-state index in [0.717, 1.165) is 28.9 Å². The molecule has 2 rings (SSSR count). The van der Waals surface area contributed by atoms with Gasteiger partial charge >= 0.3 is 0 Å². The normalized spacial score (nSPS) is 11.8. The third-order valence-corrected chi connectivity index (χ3v) is 3.93. The highest BCUT2D eigenvalue weighted by molar-refractivity contribution is 5.78. The summed E-state index contributed by atoms with van der Waals surface area (Å²) in [5.41, 5.74) is 4.50. The average molecular weight is 311 g/mol. The Hall–Kier alpha value is -2.29. The number of benzene rings is 2. The van der Waals surface area contributed by atoms with Gasteiger partial charge in [-0.25, -0.2) is 0 Å². The zero-order valence-corrected chi connectivity index (χ0v) is 14.3. The van der Waals surface area contributed by atoms with Crippen LogP contribution in [0.15, 0.2) is 42.5 Å². The first-order valence-corrected chi connectivity index (χ1v) is 8.05. The van der Waals surface area contributed by atoms with Crippen LogP contribution >= 0.6 is 0 Å². The number of rotatable bonds is 6. The van der Waals surface area contributed by atoms with Crippen molar-refractivity contribution in [3.05, 3.63) is 64.7 Å². The molecule has 0 aromatic heterocycles. The predicted molar refractivity (Wildman–Crippen MR) is 93.8 cm³/mol. The van der Waals surface area contributed by atoms with Gasteiger partial charge in [0.2, 0.25) is 0 Å². The fourth-order valence-corrected chi connectivity index (χ4v) is 2.46. The Balaban J connectivity index is 1.95. The summed E-state index contributed by atoms with van der Waals surface area (Å²) in [5, 5.41) is 3.04. The second-order valence-electron chi connectivity index (χ2n) is 6.00. The minimum Gasteiger partial charge on any atom is -0.483 e. The second-order valence-corrected chi connectivity index (χ2v) is 6.00. The van der Waals surface area contributed by atoms with Gasteiger partial charge in [-0.05, 0) is 49.9 Å². The minimum atomic E-state index is -0.0988. The predicted octanol–water partition coefficient (Wildman–Crippen LogP) is 4.26. The van der Waals surface area contributed by atoms with Crippen LogP contribution in [0.5, 0.6) is 5.75 Å². The highest BCUT2D eigenvalue weighted by Gasteiger charge is 2.13. The highest BCUT2D eigenvalue weighted by Crippen LogP contribution is 2.20. The number of aryl methyl sites for hydroxylation is 3. The number of carbonyl (C=O) groups excluding carboxylic acids is 1. The number of nitrogens with one attached hydrogen (secondary N) is 1. The van der Waals surface area contributed by atoms with Gasteiger partial charge in [-0.15, -0.1) is 0 Å². The molecule has 0 heterocycles. The maximum Gasteiger partial charge on any atom is 0.258 e. The fourth-order valence-electron chi connectivity index (χ4n) is 2.46. The Bertz CT molecular complexity index is 662. The van der Waals surface area contributed by atoms with Gasteiger partial charge in [-0.3, -0.25) is 4.79 Å². The van der Waals surface area contributed by atoms with Crippen molar-refractivity contribution >= 4 is 5.91 Å². The Morgan fingerprint density at radius 1 is 1.04 bits per heavy atom. The zero-order chi connectivity index (χ0) is 16.8. The summed E-state index contributed by atoms with van der Waals surface area (Å²) in [5.74, 6) is 0.668. The van der Waals surface area contributed by atoms with Gasteiger partial charge in [0.15, 0.2) is 6.61 Å². The third-order valence-electron chi connectivity index (χ3n) is 3.93. The quantitative estimate of drug-likeness (QED) is 0.865. The molecule has 23 heavy (non-hydrogen) atoms. The van der Waals surface area contributed by atoms with Gasteiger partial charge in [0, 0.05) is 0 Å². The maximum absolute atomic E-state index is 12.2. The molecule has 0 bridgehead atoms. The lowest BCUT2D eigenvalue weighted by atomic mass is 10.0. The fraction of sp³-hybridized carbons (Fsp3) is 0.350. The summed E-state index contributed by atoms with van der Waals surface area (Å²) in [6, 6.07) is 14.3. The van der Waals surface area contributed by atoms with Crippen molar-refractivity contribution in [2.24, 2.45) is 0 Å². The molecule has 3 nitrogen and oxygen atoms in total. The summed E-state index contributed by atoms with van der Waals surface area (Å²) in [7, 11) is 0. The smallest absolute Gasteiger partial charge is 0.258 e. The number of carbonyl (C=O) groups is 1. The molecule has 2 aromatic rings. The lowest BCUT2D eigenvalue weighted by Gasteiger charge is -2.18. The number of ether oxygens (including phenoxy) is 1. The molecule has 1 atom stereocenters. The van der Waals surface area contributed by atoms with E-state index in [-0.39, 0.29) is 18.6 Å². The lowest BCUT2D eigenvalue weighted by Crippen LogP contribution is -2.32. The van der Waals surface area contributed by atoms with Crippen molar-refractivity contribution in [1.82, 2.24) is 5.32 Å². The molecule has 0 aliphatic carbocycles. The SMILES string of the molecule is CC[C@@H](NC(=O)COc1cc(C)ccc1C)c1ccc(C)cc1. The molecule has 0 spiro atoms. The van der Waals surface area contributed by atoms with E-state index in [0.29, 0.717) is 0 Å². The van der Waals surface area contributed by atoms with Gasteiger partial charge < -0.3 is 10.1 Å². The van der Waals surface area contributed by atoms with Crippen molar-refractivity contribution in [3.63, 3.8) is 0 Å². The molecule has 1 N–H and O–H groups in total. The second kappa shape index (κ2) is 7.82. The first-order chi connectivity index (χ1) is 11.0. The van der Waals surface area contributed by atoms with Gasteiger partial charge in [0.25, 0.3) is 5.91 Å². The largest absolute Gasteiger partial charge is 0.483 e. The van der Waals surface area contributed by atoms with Gasteiger partial charge in [0.1, 0.15) is 5.75 Å². The van der Waals surface area contributed by atoms with E-state index < -0.39 is 0 Å². The molecule has 0 fully saturated rings. The van der Waals surface area contributed by atoms with Gasteiger partial charge in [-0.1, -0.05) is 48.9 Å². The van der Waals surface area contributed by atoms with Crippen LogP contribution in [-0.2, 0) is 4.79 Å². The van der Waals surface area contributed by atoms with E-state index in [1.807, 2.05) is 32.0 Å². The topological polar surface area (TPSA) is 38.3 Å². The van der Waals surface area contributed by atoms with Crippen LogP contribution in [0.4, 0.5) is 0 Å². The summed E-state index contributed by atoms with van der Waals surface area (Å²) in [6.07, 6.45) is 0.846. The molecule has 3 heteroatoms. The zero-order valence-electron chi connectivity index (χ0n) is 14.3. The summed E-state index contributed by atoms with van der Waals surface area (Å²) < 4.78 is 5.67. The van der Waals surface area contributed by atoms with Crippen LogP contribution in [0, 0.1) is 20.8 Å². The minimum absolute atomic E-state index is 0.0188. The maximum atomic E-state index is 12.2. The molecular formula is C20H25NO2. The van der Waals surface area contributed by atoms with Crippen LogP contribution in [0.1, 0.15) is 41.6 Å². The Morgan fingerprint density at radius 2 is 1.70 bits per heavy atom. The Morgan fingerprint density at radius 3 is 2.35 bits per heavy atom. The van der Waals surface area contributed by atoms with Gasteiger partial charge in [-0.2, -0.15) is 0 Å². The number of hydrogen-bond acceptors (Lipinski definition) is 2. The standard InChI is InChI=1S/C20H25NO2/c1-5-18(17-10-7-14(2)8-11-17)21-20(22)13-23-19-12-15(3)6-9-16(19)4/h6-12,18H,5,13H2,1-4H3,(H,21,22)/t18-/m1/s1. The van der Waals surface area contributed by atoms with Crippen molar-refractivity contribution in [3.8, 4) is 5.75 Å². The van der Waals surface area contributed by atoms with E-state index in [4.69, 9.17) is 4.74 Å². The summed E-state index contributed by atoms with van der Waals surface area (Å²) in [4.78, 5) is 12.2. The average Bonchev–Trinajstić information content (AvgIpc) is 2.54. The van der Waals surface area contributed by atoms with Crippen LogP contribution in [0.2, 0.25) is 0 Å². The summed E-state index contributed by atoms with van der Waals surface area (Å²) in [6.45, 7) is 8.15. The Kier molecular flexibility index (Phi) is 5.80. The van der Waals surface area contributed by atoms with Crippen LogP contribution in [0.25, 0.3) is 0 Å². The van der Waals surface area contributed by atoms with E-state index in [1.54, 1.807) is 0 Å². The molecule has 2 aromatic carbocycles. The molecule has 1 amide bonds. The van der Waals surface area contributed by atoms with Crippen molar-refractivity contribution in [2.75, 3.05) is 6.61 Å². The third kappa shape index (κ3) is 4.85. The van der Waals surface area contributed by atoms with Crippen LogP contribution in [-0.4, -0.2) is 12.5 Å². The molecule has 0 radical (unpaired) electrons. The molecule has 0 saturated heterocycles. The molecule has 0 aliphatic rings. The molecule has 0 aliphatic heterocycles.